The van der Waals surface area contributed by atoms with Crippen LogP contribution in [0, 0.1) is 11.6 Å². The zero-order valence-corrected chi connectivity index (χ0v) is 13.1. The quantitative estimate of drug-likeness (QED) is 0.813. The fourth-order valence-electron chi connectivity index (χ4n) is 3.04. The highest BCUT2D eigenvalue weighted by Gasteiger charge is 2.42. The standard InChI is InChI=1S/C18H20F2N2O/c1-18(2)17(23)16(21-10-11-6-4-3-5-7-11)15-13(20)8-12(19)9-14(15)22-18/h3-9,16-17,21-23H,10H2,1-2H3/t16-,17+/m0/s1. The maximum atomic E-state index is 14.3. The van der Waals surface area contributed by atoms with E-state index in [-0.39, 0.29) is 5.56 Å². The number of aliphatic hydroxyl groups is 1. The molecule has 0 radical (unpaired) electrons. The smallest absolute Gasteiger partial charge is 0.133 e. The number of benzene rings is 2. The summed E-state index contributed by atoms with van der Waals surface area (Å²) in [6.45, 7) is 4.09. The first kappa shape index (κ1) is 15.9. The minimum atomic E-state index is -0.862. The van der Waals surface area contributed by atoms with Crippen LogP contribution >= 0.6 is 0 Å². The third-order valence-corrected chi connectivity index (χ3v) is 4.29. The molecule has 0 spiro atoms. The summed E-state index contributed by atoms with van der Waals surface area (Å²) in [7, 11) is 0. The van der Waals surface area contributed by atoms with Crippen LogP contribution in [-0.4, -0.2) is 16.7 Å². The highest BCUT2D eigenvalue weighted by Crippen LogP contribution is 2.39. The second-order valence-corrected chi connectivity index (χ2v) is 6.48. The van der Waals surface area contributed by atoms with E-state index in [1.807, 2.05) is 30.3 Å². The van der Waals surface area contributed by atoms with Crippen molar-refractivity contribution < 1.29 is 13.9 Å². The Hall–Kier alpha value is -1.98. The number of nitrogens with one attached hydrogen (secondary N) is 2. The van der Waals surface area contributed by atoms with Crippen molar-refractivity contribution in [1.29, 1.82) is 0 Å². The molecule has 0 amide bonds. The van der Waals surface area contributed by atoms with Crippen LogP contribution in [0.1, 0.15) is 31.0 Å². The molecule has 0 aliphatic carbocycles. The van der Waals surface area contributed by atoms with Gasteiger partial charge in [0.15, 0.2) is 0 Å². The lowest BCUT2D eigenvalue weighted by molar-refractivity contribution is 0.0662. The summed E-state index contributed by atoms with van der Waals surface area (Å²) in [5.74, 6) is -1.30. The van der Waals surface area contributed by atoms with Crippen molar-refractivity contribution in [2.75, 3.05) is 5.32 Å². The number of anilines is 1. The van der Waals surface area contributed by atoms with Gasteiger partial charge in [-0.05, 0) is 25.5 Å². The van der Waals surface area contributed by atoms with Crippen LogP contribution in [0.15, 0.2) is 42.5 Å². The Morgan fingerprint density at radius 3 is 2.57 bits per heavy atom. The zero-order valence-electron chi connectivity index (χ0n) is 13.1. The molecule has 2 aromatic carbocycles. The predicted molar refractivity (Wildman–Crippen MR) is 86.1 cm³/mol. The first-order valence-corrected chi connectivity index (χ1v) is 7.61. The van der Waals surface area contributed by atoms with Crippen molar-refractivity contribution in [3.63, 3.8) is 0 Å². The summed E-state index contributed by atoms with van der Waals surface area (Å²) in [5, 5.41) is 16.9. The van der Waals surface area contributed by atoms with Crippen molar-refractivity contribution in [2.45, 2.75) is 38.1 Å². The summed E-state index contributed by atoms with van der Waals surface area (Å²) >= 11 is 0. The molecular weight excluding hydrogens is 298 g/mol. The van der Waals surface area contributed by atoms with E-state index in [1.165, 1.54) is 6.07 Å². The third kappa shape index (κ3) is 3.07. The third-order valence-electron chi connectivity index (χ3n) is 4.29. The van der Waals surface area contributed by atoms with E-state index in [9.17, 15) is 13.9 Å². The minimum absolute atomic E-state index is 0.272. The Bertz CT molecular complexity index is 704. The molecule has 1 aliphatic rings. The number of halogens is 2. The SMILES string of the molecule is CC1(C)Nc2cc(F)cc(F)c2[C@H](NCc2ccccc2)[C@H]1O. The molecule has 0 saturated carbocycles. The molecule has 1 aliphatic heterocycles. The number of hydrogen-bond donors (Lipinski definition) is 3. The number of aliphatic hydroxyl groups excluding tert-OH is 1. The lowest BCUT2D eigenvalue weighted by Gasteiger charge is -2.43. The van der Waals surface area contributed by atoms with Crippen molar-refractivity contribution in [1.82, 2.24) is 5.32 Å². The second-order valence-electron chi connectivity index (χ2n) is 6.48. The van der Waals surface area contributed by atoms with Crippen LogP contribution in [0.3, 0.4) is 0 Å². The topological polar surface area (TPSA) is 44.3 Å². The molecule has 0 aromatic heterocycles. The van der Waals surface area contributed by atoms with E-state index < -0.39 is 29.3 Å². The molecule has 0 fully saturated rings. The van der Waals surface area contributed by atoms with Gasteiger partial charge in [-0.1, -0.05) is 30.3 Å². The van der Waals surface area contributed by atoms with Crippen LogP contribution in [0.2, 0.25) is 0 Å². The molecule has 3 N–H and O–H groups in total. The molecule has 2 aromatic rings. The van der Waals surface area contributed by atoms with Crippen molar-refractivity contribution in [3.05, 3.63) is 65.2 Å². The van der Waals surface area contributed by atoms with Gasteiger partial charge in [-0.3, -0.25) is 0 Å². The number of rotatable bonds is 3. The van der Waals surface area contributed by atoms with Gasteiger partial charge < -0.3 is 15.7 Å². The van der Waals surface area contributed by atoms with E-state index in [0.29, 0.717) is 12.2 Å². The van der Waals surface area contributed by atoms with E-state index >= 15 is 0 Å². The Morgan fingerprint density at radius 1 is 1.17 bits per heavy atom. The molecule has 3 rings (SSSR count). The highest BCUT2D eigenvalue weighted by molar-refractivity contribution is 5.58. The van der Waals surface area contributed by atoms with Gasteiger partial charge in [-0.2, -0.15) is 0 Å². The molecule has 0 unspecified atom stereocenters. The lowest BCUT2D eigenvalue weighted by Crippen LogP contribution is -2.54. The van der Waals surface area contributed by atoms with Crippen LogP contribution in [0.25, 0.3) is 0 Å². The van der Waals surface area contributed by atoms with Crippen LogP contribution in [-0.2, 0) is 6.54 Å². The van der Waals surface area contributed by atoms with Crippen molar-refractivity contribution in [2.24, 2.45) is 0 Å². The van der Waals surface area contributed by atoms with Crippen LogP contribution in [0.5, 0.6) is 0 Å². The Balaban J connectivity index is 1.95. The maximum absolute atomic E-state index is 14.3. The molecule has 23 heavy (non-hydrogen) atoms. The Kier molecular flexibility index (Phi) is 4.08. The van der Waals surface area contributed by atoms with Crippen LogP contribution in [0.4, 0.5) is 14.5 Å². The molecule has 2 atom stereocenters. The molecule has 122 valence electrons. The number of hydrogen-bond acceptors (Lipinski definition) is 3. The van der Waals surface area contributed by atoms with Gasteiger partial charge in [-0.25, -0.2) is 8.78 Å². The van der Waals surface area contributed by atoms with Gasteiger partial charge in [0.1, 0.15) is 11.6 Å². The summed E-state index contributed by atoms with van der Waals surface area (Å²) in [4.78, 5) is 0. The predicted octanol–water partition coefficient (Wildman–Crippen LogP) is 3.36. The monoisotopic (exact) mass is 318 g/mol. The molecule has 0 bridgehead atoms. The maximum Gasteiger partial charge on any atom is 0.133 e. The first-order valence-electron chi connectivity index (χ1n) is 7.61. The average Bonchev–Trinajstić information content (AvgIpc) is 2.48. The lowest BCUT2D eigenvalue weighted by atomic mass is 9.82. The fraction of sp³-hybridized carbons (Fsp3) is 0.333. The van der Waals surface area contributed by atoms with Crippen LogP contribution < -0.4 is 10.6 Å². The van der Waals surface area contributed by atoms with Gasteiger partial charge in [0.05, 0.1) is 17.7 Å². The second kappa shape index (κ2) is 5.91. The van der Waals surface area contributed by atoms with E-state index in [4.69, 9.17) is 0 Å². The Labute approximate surface area is 134 Å². The summed E-state index contributed by atoms with van der Waals surface area (Å²) in [5.41, 5.74) is 0.972. The Morgan fingerprint density at radius 2 is 1.87 bits per heavy atom. The van der Waals surface area contributed by atoms with Gasteiger partial charge in [0, 0.05) is 23.9 Å². The van der Waals surface area contributed by atoms with Gasteiger partial charge in [0.25, 0.3) is 0 Å². The summed E-state index contributed by atoms with van der Waals surface area (Å²) in [6.07, 6.45) is -0.862. The molecular formula is C18H20F2N2O. The summed E-state index contributed by atoms with van der Waals surface area (Å²) in [6, 6.07) is 11.2. The van der Waals surface area contributed by atoms with Gasteiger partial charge in [-0.15, -0.1) is 0 Å². The first-order chi connectivity index (χ1) is 10.9. The molecule has 3 nitrogen and oxygen atoms in total. The molecule has 0 saturated heterocycles. The largest absolute Gasteiger partial charge is 0.389 e. The zero-order chi connectivity index (χ0) is 16.6. The summed E-state index contributed by atoms with van der Waals surface area (Å²) < 4.78 is 27.8. The molecule has 5 heteroatoms. The van der Waals surface area contributed by atoms with E-state index in [0.717, 1.165) is 11.6 Å². The van der Waals surface area contributed by atoms with Gasteiger partial charge in [0.2, 0.25) is 0 Å². The fourth-order valence-corrected chi connectivity index (χ4v) is 3.04. The van der Waals surface area contributed by atoms with E-state index in [1.54, 1.807) is 13.8 Å². The van der Waals surface area contributed by atoms with E-state index in [2.05, 4.69) is 10.6 Å². The number of fused-ring (bicyclic) bond motifs is 1. The van der Waals surface area contributed by atoms with Crippen molar-refractivity contribution >= 4 is 5.69 Å². The molecule has 1 heterocycles. The normalized spacial score (nSPS) is 22.3. The van der Waals surface area contributed by atoms with Gasteiger partial charge >= 0.3 is 0 Å². The average molecular weight is 318 g/mol. The van der Waals surface area contributed by atoms with Crippen molar-refractivity contribution in [3.8, 4) is 0 Å². The minimum Gasteiger partial charge on any atom is -0.389 e. The highest BCUT2D eigenvalue weighted by atomic mass is 19.1.